The highest BCUT2D eigenvalue weighted by Gasteiger charge is 2.32. The number of oxime groups is 1. The van der Waals surface area contributed by atoms with Crippen LogP contribution in [0.2, 0.25) is 0 Å². The number of sulfonamides is 1. The minimum absolute atomic E-state index is 0.0186. The normalized spacial score (nSPS) is 21.9. The molecular formula is C11H14BrN3O4S. The second-order valence-electron chi connectivity index (χ2n) is 4.20. The van der Waals surface area contributed by atoms with E-state index in [1.165, 1.54) is 16.4 Å². The number of hydrogen-bond donors (Lipinski definition) is 2. The molecule has 2 rings (SSSR count). The van der Waals surface area contributed by atoms with Gasteiger partial charge in [0.2, 0.25) is 10.0 Å². The molecule has 0 aromatic heterocycles. The molecule has 1 aliphatic heterocycles. The Balaban J connectivity index is 2.26. The molecule has 20 heavy (non-hydrogen) atoms. The number of hydrogen-bond acceptors (Lipinski definition) is 5. The van der Waals surface area contributed by atoms with Crippen LogP contribution in [0, 0.1) is 0 Å². The summed E-state index contributed by atoms with van der Waals surface area (Å²) in [5.41, 5.74) is 5.46. The lowest BCUT2D eigenvalue weighted by molar-refractivity contribution is 0.0355. The second-order valence-corrected chi connectivity index (χ2v) is 7.06. The van der Waals surface area contributed by atoms with Gasteiger partial charge >= 0.3 is 0 Å². The maximum absolute atomic E-state index is 12.5. The molecule has 1 fully saturated rings. The van der Waals surface area contributed by atoms with Crippen molar-refractivity contribution in [1.82, 2.24) is 4.31 Å². The molecule has 0 bridgehead atoms. The Morgan fingerprint density at radius 3 is 2.95 bits per heavy atom. The zero-order valence-electron chi connectivity index (χ0n) is 10.4. The fraction of sp³-hybridized carbons (Fsp3) is 0.364. The summed E-state index contributed by atoms with van der Waals surface area (Å²) in [5, 5.41) is 11.5. The SMILES string of the molecule is NC(=NO)C1CN(S(=O)(=O)c2cccc(Br)c2)CCO1. The molecule has 0 saturated carbocycles. The lowest BCUT2D eigenvalue weighted by atomic mass is 10.3. The van der Waals surface area contributed by atoms with Gasteiger partial charge in [-0.05, 0) is 18.2 Å². The first-order chi connectivity index (χ1) is 9.45. The highest BCUT2D eigenvalue weighted by atomic mass is 79.9. The van der Waals surface area contributed by atoms with Crippen LogP contribution in [-0.2, 0) is 14.8 Å². The summed E-state index contributed by atoms with van der Waals surface area (Å²) in [6.45, 7) is 0.433. The number of morpholine rings is 1. The van der Waals surface area contributed by atoms with Crippen molar-refractivity contribution in [3.05, 3.63) is 28.7 Å². The molecule has 0 radical (unpaired) electrons. The Hall–Kier alpha value is -1.16. The largest absolute Gasteiger partial charge is 0.409 e. The fourth-order valence-electron chi connectivity index (χ4n) is 1.86. The van der Waals surface area contributed by atoms with Gasteiger partial charge in [-0.1, -0.05) is 27.2 Å². The monoisotopic (exact) mass is 363 g/mol. The van der Waals surface area contributed by atoms with Crippen LogP contribution >= 0.6 is 15.9 Å². The average molecular weight is 364 g/mol. The smallest absolute Gasteiger partial charge is 0.243 e. The van der Waals surface area contributed by atoms with Crippen molar-refractivity contribution in [2.24, 2.45) is 10.9 Å². The molecule has 1 unspecified atom stereocenters. The van der Waals surface area contributed by atoms with Crippen LogP contribution in [0.5, 0.6) is 0 Å². The van der Waals surface area contributed by atoms with E-state index in [0.29, 0.717) is 4.47 Å². The second kappa shape index (κ2) is 6.08. The zero-order chi connectivity index (χ0) is 14.8. The Kier molecular flexibility index (Phi) is 4.63. The third kappa shape index (κ3) is 3.11. The fourth-order valence-corrected chi connectivity index (χ4v) is 3.89. The quantitative estimate of drug-likeness (QED) is 0.353. The van der Waals surface area contributed by atoms with Crippen LogP contribution in [0.1, 0.15) is 0 Å². The summed E-state index contributed by atoms with van der Waals surface area (Å²) in [7, 11) is -3.63. The van der Waals surface area contributed by atoms with E-state index in [2.05, 4.69) is 21.1 Å². The van der Waals surface area contributed by atoms with Gasteiger partial charge in [0.05, 0.1) is 11.5 Å². The van der Waals surface area contributed by atoms with Crippen LogP contribution in [0.25, 0.3) is 0 Å². The van der Waals surface area contributed by atoms with Gasteiger partial charge in [0.25, 0.3) is 0 Å². The maximum Gasteiger partial charge on any atom is 0.243 e. The van der Waals surface area contributed by atoms with E-state index in [0.717, 1.165) is 0 Å². The van der Waals surface area contributed by atoms with E-state index in [1.807, 2.05) is 0 Å². The molecule has 0 aliphatic carbocycles. The molecule has 0 spiro atoms. The van der Waals surface area contributed by atoms with Crippen molar-refractivity contribution in [1.29, 1.82) is 0 Å². The van der Waals surface area contributed by atoms with Crippen LogP contribution in [0.3, 0.4) is 0 Å². The molecule has 1 aromatic rings. The highest BCUT2D eigenvalue weighted by molar-refractivity contribution is 9.10. The van der Waals surface area contributed by atoms with E-state index in [1.54, 1.807) is 12.1 Å². The molecule has 1 aromatic carbocycles. The predicted octanol–water partition coefficient (Wildman–Crippen LogP) is 0.585. The molecule has 0 amide bonds. The molecule has 7 nitrogen and oxygen atoms in total. The number of ether oxygens (including phenoxy) is 1. The molecule has 3 N–H and O–H groups in total. The predicted molar refractivity (Wildman–Crippen MR) is 76.0 cm³/mol. The number of nitrogens with two attached hydrogens (primary N) is 1. The van der Waals surface area contributed by atoms with E-state index >= 15 is 0 Å². The van der Waals surface area contributed by atoms with Crippen molar-refractivity contribution >= 4 is 31.8 Å². The molecule has 1 aliphatic rings. The topological polar surface area (TPSA) is 105 Å². The lowest BCUT2D eigenvalue weighted by Gasteiger charge is -2.31. The van der Waals surface area contributed by atoms with Crippen molar-refractivity contribution in [3.63, 3.8) is 0 Å². The number of rotatable bonds is 3. The first-order valence-electron chi connectivity index (χ1n) is 5.80. The Bertz CT molecular complexity index is 620. The summed E-state index contributed by atoms with van der Waals surface area (Å²) < 4.78 is 32.2. The highest BCUT2D eigenvalue weighted by Crippen LogP contribution is 2.21. The first-order valence-corrected chi connectivity index (χ1v) is 8.03. The van der Waals surface area contributed by atoms with Gasteiger partial charge in [-0.25, -0.2) is 8.42 Å². The molecule has 1 saturated heterocycles. The number of benzene rings is 1. The van der Waals surface area contributed by atoms with Crippen molar-refractivity contribution in [2.75, 3.05) is 19.7 Å². The number of halogens is 1. The van der Waals surface area contributed by atoms with E-state index in [-0.39, 0.29) is 30.4 Å². The molecule has 1 atom stereocenters. The van der Waals surface area contributed by atoms with Crippen LogP contribution in [-0.4, -0.2) is 49.6 Å². The summed E-state index contributed by atoms with van der Waals surface area (Å²) in [5.74, 6) is -0.140. The standard InChI is InChI=1S/C11H14BrN3O4S/c12-8-2-1-3-9(6-8)20(17,18)15-4-5-19-10(7-15)11(13)14-16/h1-3,6,10,16H,4-5,7H2,(H2,13,14). The molecule has 9 heteroatoms. The minimum Gasteiger partial charge on any atom is -0.409 e. The summed E-state index contributed by atoms with van der Waals surface area (Å²) >= 11 is 3.25. The third-order valence-electron chi connectivity index (χ3n) is 2.91. The molecule has 1 heterocycles. The summed E-state index contributed by atoms with van der Waals surface area (Å²) in [6, 6.07) is 6.45. The van der Waals surface area contributed by atoms with Gasteiger partial charge in [-0.2, -0.15) is 4.31 Å². The lowest BCUT2D eigenvalue weighted by Crippen LogP contribution is -2.50. The molecular weight excluding hydrogens is 350 g/mol. The Labute approximate surface area is 125 Å². The van der Waals surface area contributed by atoms with Crippen molar-refractivity contribution < 1.29 is 18.4 Å². The van der Waals surface area contributed by atoms with Gasteiger partial charge < -0.3 is 15.7 Å². The average Bonchev–Trinajstić information content (AvgIpc) is 2.46. The van der Waals surface area contributed by atoms with E-state index < -0.39 is 16.1 Å². The third-order valence-corrected chi connectivity index (χ3v) is 5.26. The van der Waals surface area contributed by atoms with Gasteiger partial charge in [0, 0.05) is 17.6 Å². The number of nitrogens with zero attached hydrogens (tertiary/aromatic N) is 2. The Morgan fingerprint density at radius 1 is 1.55 bits per heavy atom. The zero-order valence-corrected chi connectivity index (χ0v) is 12.8. The summed E-state index contributed by atoms with van der Waals surface area (Å²) in [4.78, 5) is 0.187. The van der Waals surface area contributed by atoms with Gasteiger partial charge in [0.15, 0.2) is 5.84 Å². The van der Waals surface area contributed by atoms with Crippen LogP contribution < -0.4 is 5.73 Å². The Morgan fingerprint density at radius 2 is 2.30 bits per heavy atom. The van der Waals surface area contributed by atoms with E-state index in [9.17, 15) is 8.42 Å². The maximum atomic E-state index is 12.5. The van der Waals surface area contributed by atoms with E-state index in [4.69, 9.17) is 15.7 Å². The van der Waals surface area contributed by atoms with Crippen molar-refractivity contribution in [2.45, 2.75) is 11.0 Å². The molecule has 110 valence electrons. The number of amidine groups is 1. The van der Waals surface area contributed by atoms with Gasteiger partial charge in [-0.3, -0.25) is 0 Å². The first kappa shape index (κ1) is 15.2. The summed E-state index contributed by atoms with van der Waals surface area (Å²) in [6.07, 6.45) is -0.740. The minimum atomic E-state index is -3.63. The van der Waals surface area contributed by atoms with Gasteiger partial charge in [0.1, 0.15) is 6.10 Å². The van der Waals surface area contributed by atoms with Crippen molar-refractivity contribution in [3.8, 4) is 0 Å². The van der Waals surface area contributed by atoms with Crippen LogP contribution in [0.4, 0.5) is 0 Å². The van der Waals surface area contributed by atoms with Crippen LogP contribution in [0.15, 0.2) is 38.8 Å². The van der Waals surface area contributed by atoms with Gasteiger partial charge in [-0.15, -0.1) is 0 Å².